The number of imidazole rings is 1. The average molecular weight is 921 g/mol. The zero-order valence-corrected chi connectivity index (χ0v) is 40.2. The van der Waals surface area contributed by atoms with Crippen molar-refractivity contribution in [2.24, 2.45) is 7.05 Å². The van der Waals surface area contributed by atoms with E-state index in [1.165, 1.54) is 67.4 Å². The fraction of sp³-hybridized carbons (Fsp3) is 0.0164. The number of hydrogen-bond acceptors (Lipinski definition) is 4. The molecule has 4 heterocycles. The normalized spacial score (nSPS) is 13.2. The molecule has 0 N–H and O–H groups in total. The predicted octanol–water partition coefficient (Wildman–Crippen LogP) is 9.54. The van der Waals surface area contributed by atoms with Gasteiger partial charge in [-0.3, -0.25) is 4.90 Å². The van der Waals surface area contributed by atoms with Crippen molar-refractivity contribution < 1.29 is 0 Å². The highest BCUT2D eigenvalue weighted by Gasteiger charge is 2.51. The van der Waals surface area contributed by atoms with Gasteiger partial charge in [0, 0.05) is 55.5 Å². The lowest BCUT2D eigenvalue weighted by Gasteiger charge is -2.44. The maximum Gasteiger partial charge on any atom is 0.188 e. The molecule has 0 unspecified atom stereocenters. The summed E-state index contributed by atoms with van der Waals surface area (Å²) in [6.07, 6.45) is 2.15. The molecule has 0 saturated carbocycles. The maximum absolute atomic E-state index is 5.68. The molecule has 4 nitrogen and oxygen atoms in total. The van der Waals surface area contributed by atoms with Crippen molar-refractivity contribution in [1.82, 2.24) is 14.5 Å². The number of rotatable bonds is 8. The van der Waals surface area contributed by atoms with Crippen molar-refractivity contribution in [2.75, 3.05) is 4.90 Å². The summed E-state index contributed by atoms with van der Waals surface area (Å²) in [5.41, 5.74) is 5.46. The number of thiophene rings is 1. The minimum Gasteiger partial charge on any atom is -0.327 e. The van der Waals surface area contributed by atoms with Crippen LogP contribution in [0.4, 0.5) is 17.2 Å². The van der Waals surface area contributed by atoms with Gasteiger partial charge in [-0.1, -0.05) is 206 Å². The first-order chi connectivity index (χ1) is 33.7. The first-order valence-corrected chi connectivity index (χ1v) is 28.0. The van der Waals surface area contributed by atoms with E-state index in [0.717, 1.165) is 33.9 Å². The summed E-state index contributed by atoms with van der Waals surface area (Å²) in [6.45, 7) is 0. The fourth-order valence-electron chi connectivity index (χ4n) is 11.4. The number of aromatic nitrogens is 3. The topological polar surface area (TPSA) is 34.0 Å². The summed E-state index contributed by atoms with van der Waals surface area (Å²) in [6, 6.07) is 90.2. The van der Waals surface area contributed by atoms with E-state index >= 15 is 0 Å². The van der Waals surface area contributed by atoms with Gasteiger partial charge in [-0.25, -0.2) is 9.97 Å². The summed E-state index contributed by atoms with van der Waals surface area (Å²) >= 11 is 1.91. The molecule has 12 aromatic rings. The third-order valence-electron chi connectivity index (χ3n) is 14.2. The first-order valence-electron chi connectivity index (χ1n) is 23.2. The summed E-state index contributed by atoms with van der Waals surface area (Å²) in [4.78, 5) is 13.4. The molecule has 7 heteroatoms. The van der Waals surface area contributed by atoms with Crippen molar-refractivity contribution in [3.05, 3.63) is 249 Å². The number of aryl methyl sites for hydroxylation is 1. The van der Waals surface area contributed by atoms with Crippen LogP contribution in [0.2, 0.25) is 0 Å². The van der Waals surface area contributed by atoms with Crippen LogP contribution in [0.3, 0.4) is 0 Å². The Morgan fingerprint density at radius 3 is 1.78 bits per heavy atom. The van der Waals surface area contributed by atoms with Crippen molar-refractivity contribution in [3.63, 3.8) is 0 Å². The molecule has 0 radical (unpaired) electrons. The van der Waals surface area contributed by atoms with Crippen LogP contribution < -0.4 is 46.4 Å². The highest BCUT2D eigenvalue weighted by molar-refractivity contribution is 7.31. The summed E-state index contributed by atoms with van der Waals surface area (Å²) in [5, 5.41) is 13.1. The second-order valence-electron chi connectivity index (χ2n) is 17.7. The molecular formula is C61H44N4SSi2. The van der Waals surface area contributed by atoms with Gasteiger partial charge in [-0.05, 0) is 72.7 Å². The van der Waals surface area contributed by atoms with Gasteiger partial charge >= 0.3 is 0 Å². The fourth-order valence-corrected chi connectivity index (χ4v) is 23.0. The number of pyridine rings is 1. The molecule has 0 amide bonds. The van der Waals surface area contributed by atoms with E-state index in [4.69, 9.17) is 9.97 Å². The molecular weight excluding hydrogens is 877 g/mol. The quantitative estimate of drug-likeness (QED) is 0.113. The van der Waals surface area contributed by atoms with Crippen molar-refractivity contribution in [1.29, 1.82) is 0 Å². The largest absolute Gasteiger partial charge is 0.327 e. The number of nitrogens with zero attached hydrogens (tertiary/aromatic N) is 4. The van der Waals surface area contributed by atoms with Gasteiger partial charge in [-0.15, -0.1) is 11.3 Å². The number of fused-ring (bicyclic) bond motifs is 7. The minimum absolute atomic E-state index is 0.954. The number of anilines is 3. The first kappa shape index (κ1) is 40.3. The zero-order valence-electron chi connectivity index (χ0n) is 37.4. The van der Waals surface area contributed by atoms with E-state index < -0.39 is 16.1 Å². The van der Waals surface area contributed by atoms with Gasteiger partial charge in [0.15, 0.2) is 16.1 Å². The van der Waals surface area contributed by atoms with E-state index in [2.05, 4.69) is 265 Å². The predicted molar refractivity (Wildman–Crippen MR) is 292 cm³/mol. The Balaban J connectivity index is 1.11. The molecule has 68 heavy (non-hydrogen) atoms. The molecule has 1 aliphatic rings. The Morgan fingerprint density at radius 1 is 0.500 bits per heavy atom. The Kier molecular flexibility index (Phi) is 9.57. The lowest BCUT2D eigenvalue weighted by atomic mass is 10.1. The highest BCUT2D eigenvalue weighted by Crippen LogP contribution is 2.42. The smallest absolute Gasteiger partial charge is 0.188 e. The van der Waals surface area contributed by atoms with E-state index in [9.17, 15) is 0 Å². The average Bonchev–Trinajstić information content (AvgIpc) is 3.97. The number of hydrogen-bond donors (Lipinski definition) is 0. The van der Waals surface area contributed by atoms with Crippen LogP contribution in [0.1, 0.15) is 0 Å². The van der Waals surface area contributed by atoms with Gasteiger partial charge in [-0.2, -0.15) is 0 Å². The number of para-hydroxylation sites is 3. The van der Waals surface area contributed by atoms with Crippen LogP contribution in [0.5, 0.6) is 0 Å². The minimum atomic E-state index is -3.07. The Bertz CT molecular complexity index is 3750. The van der Waals surface area contributed by atoms with Crippen LogP contribution >= 0.6 is 11.3 Å². The molecule has 9 aromatic carbocycles. The molecule has 13 rings (SSSR count). The summed E-state index contributed by atoms with van der Waals surface area (Å²) in [5.74, 6) is 1.95. The molecule has 0 atom stereocenters. The monoisotopic (exact) mass is 920 g/mol. The zero-order chi connectivity index (χ0) is 45.2. The Hall–Kier alpha value is -7.95. The third-order valence-corrected chi connectivity index (χ3v) is 25.2. The maximum atomic E-state index is 5.68. The molecule has 0 fully saturated rings. The van der Waals surface area contributed by atoms with E-state index in [1.807, 2.05) is 11.3 Å². The third kappa shape index (κ3) is 5.96. The van der Waals surface area contributed by atoms with Crippen LogP contribution in [0.15, 0.2) is 249 Å². The molecule has 3 aromatic heterocycles. The van der Waals surface area contributed by atoms with E-state index in [-0.39, 0.29) is 0 Å². The molecule has 1 aliphatic heterocycles. The summed E-state index contributed by atoms with van der Waals surface area (Å²) < 4.78 is 4.81. The Morgan fingerprint density at radius 2 is 1.07 bits per heavy atom. The highest BCUT2D eigenvalue weighted by atomic mass is 32.1. The molecule has 322 valence electrons. The van der Waals surface area contributed by atoms with Crippen LogP contribution in [0, 0.1) is 0 Å². The van der Waals surface area contributed by atoms with Crippen molar-refractivity contribution >= 4 is 117 Å². The van der Waals surface area contributed by atoms with Gasteiger partial charge in [0.1, 0.15) is 11.6 Å². The summed E-state index contributed by atoms with van der Waals surface area (Å²) in [7, 11) is -3.98. The second kappa shape index (κ2) is 16.1. The lowest BCUT2D eigenvalue weighted by molar-refractivity contribution is 0.959. The van der Waals surface area contributed by atoms with Crippen LogP contribution in [0.25, 0.3) is 42.6 Å². The van der Waals surface area contributed by atoms with Gasteiger partial charge in [0.2, 0.25) is 0 Å². The molecule has 0 spiro atoms. The van der Waals surface area contributed by atoms with Crippen molar-refractivity contribution in [3.8, 4) is 11.4 Å². The van der Waals surface area contributed by atoms with Gasteiger partial charge in [0.25, 0.3) is 0 Å². The molecule has 0 saturated heterocycles. The van der Waals surface area contributed by atoms with Crippen LogP contribution in [-0.4, -0.2) is 30.7 Å². The van der Waals surface area contributed by atoms with Crippen molar-refractivity contribution in [2.45, 2.75) is 0 Å². The number of benzene rings is 9. The second-order valence-corrected chi connectivity index (χ2v) is 26.3. The Labute approximate surface area is 401 Å². The van der Waals surface area contributed by atoms with E-state index in [1.54, 1.807) is 0 Å². The van der Waals surface area contributed by atoms with Gasteiger partial charge in [0.05, 0.1) is 11.0 Å². The van der Waals surface area contributed by atoms with Crippen LogP contribution in [-0.2, 0) is 7.05 Å². The lowest BCUT2D eigenvalue weighted by Crippen LogP contribution is -2.77. The molecule has 0 bridgehead atoms. The standard InChI is InChI=1S/C61H44N4SSi2/c1-64-54-36-16-15-35-53(54)63-60(64)43-22-20-32-49(40-43)67(45-24-6-2-7-25-45,46-26-8-3-9-27-46)50-33-21-23-44(41-50)65-55-37-17-19-39-57(55)68(47-28-10-4-11-29-47,48-30-12-5-13-31-48)59-58-52(42-62-61(59)65)51-34-14-18-38-56(51)66-58/h2-42H,1H3. The SMILES string of the molecule is Cn1c(-c2cccc([Si](c3ccccc3)(c3ccccc3)c3cccc(N4c5ccccc5[Si](c5ccccc5)(c5ccccc5)c5c4ncc4c5sc5ccccc54)c3)c2)nc2ccccc21. The van der Waals surface area contributed by atoms with E-state index in [0.29, 0.717) is 0 Å². The van der Waals surface area contributed by atoms with Gasteiger partial charge < -0.3 is 4.57 Å². The molecule has 0 aliphatic carbocycles.